The van der Waals surface area contributed by atoms with Gasteiger partial charge in [-0.15, -0.1) is 0 Å². The topological polar surface area (TPSA) is 29.5 Å². The zero-order chi connectivity index (χ0) is 10.7. The van der Waals surface area contributed by atoms with Crippen molar-refractivity contribution in [2.24, 2.45) is 0 Å². The molecule has 4 heteroatoms. The second kappa shape index (κ2) is 4.53. The van der Waals surface area contributed by atoms with E-state index in [0.717, 1.165) is 0 Å². The highest BCUT2D eigenvalue weighted by molar-refractivity contribution is 6.74. The van der Waals surface area contributed by atoms with Crippen LogP contribution in [-0.4, -0.2) is 32.8 Å². The van der Waals surface area contributed by atoms with Crippen molar-refractivity contribution in [1.82, 2.24) is 0 Å². The van der Waals surface area contributed by atoms with Crippen LogP contribution in [0, 0.1) is 0 Å². The van der Waals surface area contributed by atoms with Gasteiger partial charge in [-0.1, -0.05) is 20.8 Å². The minimum absolute atomic E-state index is 0.114. The second-order valence-corrected chi connectivity index (χ2v) is 9.69. The Kier molecular flexibility index (Phi) is 4.55. The number of halogens is 1. The maximum Gasteiger partial charge on any atom is 0.192 e. The largest absolute Gasteiger partial charge is 0.414 e. The van der Waals surface area contributed by atoms with Crippen LogP contribution in [0.3, 0.4) is 0 Å². The third kappa shape index (κ3) is 4.20. The normalized spacial score (nSPS) is 15.9. The Morgan fingerprint density at radius 1 is 1.38 bits per heavy atom. The molecule has 0 aliphatic carbocycles. The van der Waals surface area contributed by atoms with Crippen molar-refractivity contribution in [2.45, 2.75) is 45.0 Å². The quantitative estimate of drug-likeness (QED) is 0.719. The van der Waals surface area contributed by atoms with Gasteiger partial charge in [-0.05, 0) is 18.1 Å². The Balaban J connectivity index is 4.04. The highest BCUT2D eigenvalue weighted by Crippen LogP contribution is 2.36. The summed E-state index contributed by atoms with van der Waals surface area (Å²) in [6.45, 7) is 9.89. The van der Waals surface area contributed by atoms with Crippen molar-refractivity contribution in [3.63, 3.8) is 0 Å². The lowest BCUT2D eigenvalue weighted by Crippen LogP contribution is -2.42. The molecule has 0 heterocycles. The minimum atomic E-state index is -1.81. The van der Waals surface area contributed by atoms with Crippen molar-refractivity contribution < 1.29 is 13.9 Å². The Bertz CT molecular complexity index is 154. The van der Waals surface area contributed by atoms with E-state index in [1.807, 2.05) is 0 Å². The molecule has 0 aromatic rings. The fraction of sp³-hybridized carbons (Fsp3) is 1.00. The van der Waals surface area contributed by atoms with Gasteiger partial charge in [0, 0.05) is 0 Å². The molecule has 0 saturated heterocycles. The van der Waals surface area contributed by atoms with Gasteiger partial charge in [-0.25, -0.2) is 4.39 Å². The highest BCUT2D eigenvalue weighted by atomic mass is 28.4. The molecule has 0 unspecified atom stereocenters. The maximum absolute atomic E-state index is 11.9. The molecular formula is C9H21FO2Si. The van der Waals surface area contributed by atoms with Crippen LogP contribution in [0.15, 0.2) is 0 Å². The van der Waals surface area contributed by atoms with Gasteiger partial charge in [-0.2, -0.15) is 0 Å². The summed E-state index contributed by atoms with van der Waals surface area (Å²) < 4.78 is 17.5. The molecule has 0 aliphatic rings. The van der Waals surface area contributed by atoms with Gasteiger partial charge in [0.2, 0.25) is 0 Å². The van der Waals surface area contributed by atoms with Crippen LogP contribution >= 0.6 is 0 Å². The van der Waals surface area contributed by atoms with Crippen LogP contribution in [0.2, 0.25) is 18.1 Å². The van der Waals surface area contributed by atoms with Crippen LogP contribution in [0.5, 0.6) is 0 Å². The van der Waals surface area contributed by atoms with E-state index in [9.17, 15) is 4.39 Å². The Hall–Kier alpha value is 0.0669. The van der Waals surface area contributed by atoms with E-state index >= 15 is 0 Å². The summed E-state index contributed by atoms with van der Waals surface area (Å²) in [7, 11) is -1.81. The Labute approximate surface area is 81.2 Å². The lowest BCUT2D eigenvalue weighted by molar-refractivity contribution is 0.0780. The smallest absolute Gasteiger partial charge is 0.192 e. The van der Waals surface area contributed by atoms with Crippen LogP contribution in [0.25, 0.3) is 0 Å². The molecule has 1 N–H and O–H groups in total. The number of hydrogen-bond donors (Lipinski definition) is 1. The summed E-state index contributed by atoms with van der Waals surface area (Å²) >= 11 is 0. The molecule has 0 bridgehead atoms. The van der Waals surface area contributed by atoms with E-state index in [1.165, 1.54) is 0 Å². The molecule has 0 aromatic carbocycles. The summed E-state index contributed by atoms with van der Waals surface area (Å²) in [6.07, 6.45) is -0.964. The molecule has 0 amide bonds. The first-order chi connectivity index (χ1) is 5.70. The molecule has 0 spiro atoms. The van der Waals surface area contributed by atoms with Crippen LogP contribution in [0.4, 0.5) is 4.39 Å². The van der Waals surface area contributed by atoms with Gasteiger partial charge in [0.05, 0.1) is 6.61 Å². The van der Waals surface area contributed by atoms with Gasteiger partial charge in [-0.3, -0.25) is 0 Å². The van der Waals surface area contributed by atoms with E-state index in [-0.39, 0.29) is 11.6 Å². The Morgan fingerprint density at radius 2 is 1.85 bits per heavy atom. The Morgan fingerprint density at radius 3 is 2.15 bits per heavy atom. The maximum atomic E-state index is 11.9. The first-order valence-electron chi connectivity index (χ1n) is 4.58. The molecule has 2 nitrogen and oxygen atoms in total. The zero-order valence-corrected chi connectivity index (χ0v) is 10.2. The van der Waals surface area contributed by atoms with Gasteiger partial charge >= 0.3 is 0 Å². The predicted octanol–water partition coefficient (Wildman–Crippen LogP) is 2.34. The molecule has 0 saturated carbocycles. The summed E-state index contributed by atoms with van der Waals surface area (Å²) in [5.74, 6) is 0. The van der Waals surface area contributed by atoms with Crippen LogP contribution in [-0.2, 0) is 4.43 Å². The molecule has 0 rings (SSSR count). The minimum Gasteiger partial charge on any atom is -0.414 e. The zero-order valence-electron chi connectivity index (χ0n) is 9.22. The SMILES string of the molecule is CC(C)(C)[Si](C)(C)OC[C@@H](O)CF. The third-order valence-electron chi connectivity index (χ3n) is 2.62. The average Bonchev–Trinajstić information content (AvgIpc) is 1.98. The number of aliphatic hydroxyl groups is 1. The standard InChI is InChI=1S/C9H21FO2Si/c1-9(2,3)13(4,5)12-7-8(11)6-10/h8,11H,6-7H2,1-5H3/t8-/m0/s1. The van der Waals surface area contributed by atoms with Crippen molar-refractivity contribution in [1.29, 1.82) is 0 Å². The highest BCUT2D eigenvalue weighted by Gasteiger charge is 2.37. The average molecular weight is 208 g/mol. The molecule has 1 atom stereocenters. The molecule has 0 aliphatic heterocycles. The first-order valence-corrected chi connectivity index (χ1v) is 7.49. The van der Waals surface area contributed by atoms with E-state index < -0.39 is 21.1 Å². The summed E-state index contributed by atoms with van der Waals surface area (Å²) in [5.41, 5.74) is 0. The van der Waals surface area contributed by atoms with E-state index in [0.29, 0.717) is 0 Å². The molecule has 13 heavy (non-hydrogen) atoms. The molecule has 0 radical (unpaired) electrons. The summed E-state index contributed by atoms with van der Waals surface area (Å²) in [6, 6.07) is 0. The van der Waals surface area contributed by atoms with Gasteiger partial charge in [0.15, 0.2) is 8.32 Å². The van der Waals surface area contributed by atoms with E-state index in [1.54, 1.807) is 0 Å². The van der Waals surface area contributed by atoms with Crippen LogP contribution < -0.4 is 0 Å². The monoisotopic (exact) mass is 208 g/mol. The fourth-order valence-corrected chi connectivity index (χ4v) is 1.61. The van der Waals surface area contributed by atoms with Gasteiger partial charge in [0.1, 0.15) is 12.8 Å². The number of hydrogen-bond acceptors (Lipinski definition) is 2. The molecular weight excluding hydrogens is 187 g/mol. The van der Waals surface area contributed by atoms with Gasteiger partial charge in [0.25, 0.3) is 0 Å². The predicted molar refractivity (Wildman–Crippen MR) is 55.1 cm³/mol. The van der Waals surface area contributed by atoms with Crippen molar-refractivity contribution >= 4 is 8.32 Å². The number of rotatable bonds is 4. The number of alkyl halides is 1. The van der Waals surface area contributed by atoms with Crippen molar-refractivity contribution in [3.8, 4) is 0 Å². The van der Waals surface area contributed by atoms with Crippen molar-refractivity contribution in [2.75, 3.05) is 13.3 Å². The lowest BCUT2D eigenvalue weighted by Gasteiger charge is -2.36. The van der Waals surface area contributed by atoms with E-state index in [2.05, 4.69) is 33.9 Å². The first kappa shape index (κ1) is 13.1. The number of aliphatic hydroxyl groups excluding tert-OH is 1. The van der Waals surface area contributed by atoms with Gasteiger partial charge < -0.3 is 9.53 Å². The summed E-state index contributed by atoms with van der Waals surface area (Å²) in [4.78, 5) is 0. The fourth-order valence-electron chi connectivity index (χ4n) is 0.566. The molecule has 0 fully saturated rings. The lowest BCUT2D eigenvalue weighted by atomic mass is 10.2. The van der Waals surface area contributed by atoms with Crippen molar-refractivity contribution in [3.05, 3.63) is 0 Å². The molecule has 80 valence electrons. The van der Waals surface area contributed by atoms with Crippen LogP contribution in [0.1, 0.15) is 20.8 Å². The summed E-state index contributed by atoms with van der Waals surface area (Å²) in [5, 5.41) is 9.12. The third-order valence-corrected chi connectivity index (χ3v) is 7.12. The van der Waals surface area contributed by atoms with E-state index in [4.69, 9.17) is 9.53 Å². The molecule has 0 aromatic heterocycles. The second-order valence-electron chi connectivity index (χ2n) is 4.88.